The highest BCUT2D eigenvalue weighted by molar-refractivity contribution is 7.74. The van der Waals surface area contributed by atoms with Gasteiger partial charge < -0.3 is 15.0 Å². The normalized spacial score (nSPS) is 11.7. The predicted octanol–water partition coefficient (Wildman–Crippen LogP) is 4.60. The van der Waals surface area contributed by atoms with Gasteiger partial charge in [0.05, 0.1) is 12.7 Å². The summed E-state index contributed by atoms with van der Waals surface area (Å²) in [6.45, 7) is 5.63. The maximum absolute atomic E-state index is 14.0. The van der Waals surface area contributed by atoms with E-state index in [9.17, 15) is 13.2 Å². The Balaban J connectivity index is 2.07. The van der Waals surface area contributed by atoms with E-state index in [1.165, 1.54) is 0 Å². The van der Waals surface area contributed by atoms with Gasteiger partial charge in [-0.1, -0.05) is 66.7 Å². The summed E-state index contributed by atoms with van der Waals surface area (Å²) in [6.07, 6.45) is 0. The molecule has 1 heterocycles. The fourth-order valence-corrected chi connectivity index (χ4v) is 5.67. The van der Waals surface area contributed by atoms with Gasteiger partial charge in [0.15, 0.2) is 0 Å². The minimum atomic E-state index is -2.58. The van der Waals surface area contributed by atoms with Crippen LogP contribution in [0, 0.1) is 20.8 Å². The zero-order valence-corrected chi connectivity index (χ0v) is 22.2. The maximum Gasteiger partial charge on any atom is 0.258 e. The average Bonchev–Trinajstić information content (AvgIpc) is 2.90. The monoisotopic (exact) mass is 514 g/mol. The Morgan fingerprint density at radius 3 is 2.27 bits per heavy atom. The minimum Gasteiger partial charge on any atom is -0.497 e. The van der Waals surface area contributed by atoms with E-state index < -0.39 is 16.3 Å². The van der Waals surface area contributed by atoms with Crippen LogP contribution in [0.15, 0.2) is 83.7 Å². The van der Waals surface area contributed by atoms with E-state index in [1.54, 1.807) is 43.7 Å². The van der Waals surface area contributed by atoms with Crippen LogP contribution in [0.25, 0.3) is 11.1 Å². The van der Waals surface area contributed by atoms with Crippen molar-refractivity contribution in [3.63, 3.8) is 0 Å². The van der Waals surface area contributed by atoms with Gasteiger partial charge in [0, 0.05) is 29.4 Å². The zero-order chi connectivity index (χ0) is 26.7. The van der Waals surface area contributed by atoms with E-state index in [1.807, 2.05) is 67.6 Å². The van der Waals surface area contributed by atoms with Crippen molar-refractivity contribution in [2.75, 3.05) is 7.11 Å². The number of ether oxygens (including phenoxy) is 1. The third kappa shape index (κ3) is 5.14. The van der Waals surface area contributed by atoms with Crippen molar-refractivity contribution >= 4 is 15.2 Å². The Kier molecular flexibility index (Phi) is 7.76. The van der Waals surface area contributed by atoms with Crippen molar-refractivity contribution in [1.82, 2.24) is 4.57 Å². The van der Waals surface area contributed by atoms with Gasteiger partial charge in [0.1, 0.15) is 10.6 Å². The number of methoxy groups -OCH3 is 1. The summed E-state index contributed by atoms with van der Waals surface area (Å²) in [7, 11) is -1.01. The molecule has 0 saturated carbocycles. The van der Waals surface area contributed by atoms with Gasteiger partial charge in [0.25, 0.3) is 5.56 Å². The van der Waals surface area contributed by atoms with Gasteiger partial charge in [-0.25, -0.2) is 0 Å². The van der Waals surface area contributed by atoms with E-state index in [0.717, 1.165) is 11.1 Å². The molecular formula is C30H30N2O4S. The lowest BCUT2D eigenvalue weighted by Crippen LogP contribution is -2.32. The molecule has 1 aromatic heterocycles. The van der Waals surface area contributed by atoms with E-state index >= 15 is 0 Å². The lowest BCUT2D eigenvalue weighted by Gasteiger charge is -2.23. The number of pyridine rings is 1. The predicted molar refractivity (Wildman–Crippen MR) is 149 cm³/mol. The van der Waals surface area contributed by atoms with Gasteiger partial charge >= 0.3 is 0 Å². The molecule has 7 heteroatoms. The maximum atomic E-state index is 14.0. The molecule has 0 amide bonds. The quantitative estimate of drug-likeness (QED) is 0.288. The highest BCUT2D eigenvalue weighted by Gasteiger charge is 2.25. The number of nitrogens with two attached hydrogens (primary N) is 1. The molecule has 4 rings (SSSR count). The Bertz CT molecular complexity index is 1650. The lowest BCUT2D eigenvalue weighted by molar-refractivity contribution is 0.415. The van der Waals surface area contributed by atoms with E-state index in [0.29, 0.717) is 39.3 Å². The molecular weight excluding hydrogens is 484 g/mol. The second-order valence-electron chi connectivity index (χ2n) is 9.00. The largest absolute Gasteiger partial charge is 0.497 e. The van der Waals surface area contributed by atoms with Crippen LogP contribution >= 0.6 is 0 Å². The number of aryl methyl sites for hydroxylation is 1. The van der Waals surface area contributed by atoms with Gasteiger partial charge in [-0.3, -0.25) is 4.79 Å². The van der Waals surface area contributed by atoms with Gasteiger partial charge in [-0.2, -0.15) is 8.42 Å². The van der Waals surface area contributed by atoms with Crippen molar-refractivity contribution in [3.8, 4) is 16.9 Å². The molecule has 0 aliphatic rings. The molecule has 1 unspecified atom stereocenters. The molecule has 2 N–H and O–H groups in total. The zero-order valence-electron chi connectivity index (χ0n) is 21.4. The van der Waals surface area contributed by atoms with Crippen LogP contribution in [0.4, 0.5) is 0 Å². The first-order valence-corrected chi connectivity index (χ1v) is 13.0. The third-order valence-corrected chi connectivity index (χ3v) is 7.48. The third-order valence-electron chi connectivity index (χ3n) is 6.72. The fourth-order valence-electron chi connectivity index (χ4n) is 4.79. The summed E-state index contributed by atoms with van der Waals surface area (Å²) in [5.41, 5.74) is 11.3. The highest BCUT2D eigenvalue weighted by Crippen LogP contribution is 2.30. The average molecular weight is 515 g/mol. The lowest BCUT2D eigenvalue weighted by atomic mass is 9.91. The van der Waals surface area contributed by atoms with Crippen LogP contribution in [0.1, 0.15) is 39.6 Å². The van der Waals surface area contributed by atoms with Crippen LogP contribution in [0.5, 0.6) is 5.75 Å². The molecule has 0 spiro atoms. The highest BCUT2D eigenvalue weighted by atomic mass is 32.2. The van der Waals surface area contributed by atoms with Crippen LogP contribution in [-0.2, 0) is 16.8 Å². The number of hydrogen-bond acceptors (Lipinski definition) is 5. The van der Waals surface area contributed by atoms with Gasteiger partial charge in [0.2, 0.25) is 10.3 Å². The molecule has 0 aliphatic carbocycles. The summed E-state index contributed by atoms with van der Waals surface area (Å²) in [4.78, 5) is 14.2. The molecule has 0 radical (unpaired) electrons. The van der Waals surface area contributed by atoms with E-state index in [2.05, 4.69) is 0 Å². The van der Waals surface area contributed by atoms with E-state index in [-0.39, 0.29) is 17.0 Å². The second kappa shape index (κ2) is 11.0. The van der Waals surface area contributed by atoms with Crippen LogP contribution < -0.4 is 16.0 Å². The smallest absolute Gasteiger partial charge is 0.258 e. The Labute approximate surface area is 218 Å². The van der Waals surface area contributed by atoms with E-state index in [4.69, 9.17) is 10.5 Å². The Morgan fingerprint density at radius 2 is 1.62 bits per heavy atom. The molecule has 6 nitrogen and oxygen atoms in total. The summed E-state index contributed by atoms with van der Waals surface area (Å²) in [6, 6.07) is 23.6. The summed E-state index contributed by atoms with van der Waals surface area (Å²) < 4.78 is 32.6. The molecule has 3 aromatic carbocycles. The number of nitrogens with zero attached hydrogens (tertiary/aromatic N) is 1. The molecule has 0 aliphatic heterocycles. The topological polar surface area (TPSA) is 91.4 Å². The molecule has 190 valence electrons. The number of benzene rings is 3. The van der Waals surface area contributed by atoms with Crippen LogP contribution in [-0.4, -0.2) is 25.0 Å². The first-order chi connectivity index (χ1) is 17.7. The van der Waals surface area contributed by atoms with Crippen molar-refractivity contribution in [2.24, 2.45) is 5.73 Å². The molecule has 0 fully saturated rings. The first kappa shape index (κ1) is 26.1. The van der Waals surface area contributed by atoms with Crippen molar-refractivity contribution in [3.05, 3.63) is 123 Å². The fraction of sp³-hybridized carbons (Fsp3) is 0.200. The van der Waals surface area contributed by atoms with Crippen molar-refractivity contribution in [1.29, 1.82) is 0 Å². The molecule has 0 bridgehead atoms. The Morgan fingerprint density at radius 1 is 0.946 bits per heavy atom. The SMILES string of the molecule is COc1cccc(-c2c(C)c(C(c3ccccc3C)=S(=O)=O)c(C)n(CC(N)c3ccccc3)c2=O)c1. The van der Waals surface area contributed by atoms with Crippen molar-refractivity contribution in [2.45, 2.75) is 33.4 Å². The number of hydrogen-bond donors (Lipinski definition) is 1. The van der Waals surface area contributed by atoms with Crippen LogP contribution in [0.2, 0.25) is 0 Å². The number of rotatable bonds is 7. The molecule has 1 atom stereocenters. The molecule has 4 aromatic rings. The standard InChI is InChI=1S/C30H30N2O4S/c1-19-11-8-9-16-25(19)29(37(34)35)27-20(2)28(23-14-10-15-24(17-23)36-4)30(33)32(21(27)3)18-26(31)22-12-6-5-7-13-22/h5-17,26H,18,31H2,1-4H3. The van der Waals surface area contributed by atoms with Gasteiger partial charge in [-0.15, -0.1) is 0 Å². The second-order valence-corrected chi connectivity index (χ2v) is 9.88. The minimum absolute atomic E-state index is 0.152. The van der Waals surface area contributed by atoms with Gasteiger partial charge in [-0.05, 0) is 55.2 Å². The summed E-state index contributed by atoms with van der Waals surface area (Å²) in [5.74, 6) is 0.599. The van der Waals surface area contributed by atoms with Crippen molar-refractivity contribution < 1.29 is 13.2 Å². The number of aromatic nitrogens is 1. The Hall–Kier alpha value is -3.94. The molecule has 0 saturated heterocycles. The first-order valence-electron chi connectivity index (χ1n) is 12.0. The molecule has 37 heavy (non-hydrogen) atoms. The summed E-state index contributed by atoms with van der Waals surface area (Å²) in [5, 5.41) is 0. The summed E-state index contributed by atoms with van der Waals surface area (Å²) >= 11 is 0. The van der Waals surface area contributed by atoms with Crippen LogP contribution in [0.3, 0.4) is 0 Å².